The number of carbonyl (C=O) groups is 1. The molecule has 0 bridgehead atoms. The molecule has 94 valence electrons. The average molecular weight is 237 g/mol. The Kier molecular flexibility index (Phi) is 4.52. The quantitative estimate of drug-likeness (QED) is 0.742. The second-order valence-electron chi connectivity index (χ2n) is 4.46. The van der Waals surface area contributed by atoms with Crippen molar-refractivity contribution in [3.8, 4) is 5.75 Å². The van der Waals surface area contributed by atoms with E-state index in [1.807, 2.05) is 13.8 Å². The zero-order valence-corrected chi connectivity index (χ0v) is 10.4. The number of hydrogen-bond donors (Lipinski definition) is 3. The fourth-order valence-electron chi connectivity index (χ4n) is 1.54. The number of phenols is 1. The van der Waals surface area contributed by atoms with Gasteiger partial charge >= 0.3 is 0 Å². The summed E-state index contributed by atoms with van der Waals surface area (Å²) in [7, 11) is 0. The third kappa shape index (κ3) is 3.20. The Labute approximate surface area is 101 Å². The number of amides is 1. The number of nitrogens with one attached hydrogen (secondary N) is 1. The SMILES string of the molecule is Cc1c(O)cccc1C(=O)N[C@H](CO)C(C)C. The predicted molar refractivity (Wildman–Crippen MR) is 66.0 cm³/mol. The number of aliphatic hydroxyl groups excluding tert-OH is 1. The Balaban J connectivity index is 2.86. The van der Waals surface area contributed by atoms with Gasteiger partial charge in [0.05, 0.1) is 12.6 Å². The minimum Gasteiger partial charge on any atom is -0.508 e. The van der Waals surface area contributed by atoms with E-state index in [1.54, 1.807) is 19.1 Å². The van der Waals surface area contributed by atoms with E-state index >= 15 is 0 Å². The molecule has 0 fully saturated rings. The van der Waals surface area contributed by atoms with Crippen LogP contribution < -0.4 is 5.32 Å². The first kappa shape index (κ1) is 13.5. The zero-order chi connectivity index (χ0) is 13.0. The summed E-state index contributed by atoms with van der Waals surface area (Å²) < 4.78 is 0. The molecule has 17 heavy (non-hydrogen) atoms. The lowest BCUT2D eigenvalue weighted by Crippen LogP contribution is -2.41. The van der Waals surface area contributed by atoms with E-state index in [-0.39, 0.29) is 30.2 Å². The second kappa shape index (κ2) is 5.68. The molecule has 0 saturated heterocycles. The zero-order valence-electron chi connectivity index (χ0n) is 10.4. The first-order valence-corrected chi connectivity index (χ1v) is 5.67. The van der Waals surface area contributed by atoms with Gasteiger partial charge in [-0.25, -0.2) is 0 Å². The summed E-state index contributed by atoms with van der Waals surface area (Å²) in [4.78, 5) is 12.0. The number of phenolic OH excluding ortho intramolecular Hbond substituents is 1. The molecule has 0 unspecified atom stereocenters. The number of rotatable bonds is 4. The molecule has 0 aliphatic heterocycles. The van der Waals surface area contributed by atoms with Crippen molar-refractivity contribution >= 4 is 5.91 Å². The Morgan fingerprint density at radius 1 is 1.41 bits per heavy atom. The summed E-state index contributed by atoms with van der Waals surface area (Å²) in [6, 6.07) is 4.54. The summed E-state index contributed by atoms with van der Waals surface area (Å²) in [5, 5.41) is 21.4. The molecule has 1 aromatic rings. The summed E-state index contributed by atoms with van der Waals surface area (Å²) in [5.41, 5.74) is 0.981. The van der Waals surface area contributed by atoms with Gasteiger partial charge in [-0.05, 0) is 25.0 Å². The Morgan fingerprint density at radius 2 is 2.06 bits per heavy atom. The standard InChI is InChI=1S/C13H19NO3/c1-8(2)11(7-15)14-13(17)10-5-4-6-12(16)9(10)3/h4-6,8,11,15-16H,7H2,1-3H3,(H,14,17)/t11-/m1/s1. The maximum Gasteiger partial charge on any atom is 0.251 e. The number of carbonyl (C=O) groups excluding carboxylic acids is 1. The highest BCUT2D eigenvalue weighted by molar-refractivity contribution is 5.96. The maximum absolute atomic E-state index is 12.0. The molecule has 0 spiro atoms. The van der Waals surface area contributed by atoms with Gasteiger partial charge in [0.2, 0.25) is 0 Å². The maximum atomic E-state index is 12.0. The van der Waals surface area contributed by atoms with Crippen molar-refractivity contribution in [3.05, 3.63) is 29.3 Å². The Bertz CT molecular complexity index is 402. The van der Waals surface area contributed by atoms with E-state index in [1.165, 1.54) is 6.07 Å². The molecule has 3 N–H and O–H groups in total. The molecule has 4 nitrogen and oxygen atoms in total. The van der Waals surface area contributed by atoms with Gasteiger partial charge < -0.3 is 15.5 Å². The molecule has 0 aliphatic rings. The Morgan fingerprint density at radius 3 is 2.59 bits per heavy atom. The molecule has 4 heteroatoms. The first-order chi connectivity index (χ1) is 7.97. The van der Waals surface area contributed by atoms with Gasteiger partial charge in [0, 0.05) is 11.1 Å². The van der Waals surface area contributed by atoms with Gasteiger partial charge in [-0.2, -0.15) is 0 Å². The van der Waals surface area contributed by atoms with E-state index in [2.05, 4.69) is 5.32 Å². The highest BCUT2D eigenvalue weighted by Crippen LogP contribution is 2.19. The third-order valence-electron chi connectivity index (χ3n) is 2.87. The van der Waals surface area contributed by atoms with Crippen molar-refractivity contribution in [2.45, 2.75) is 26.8 Å². The minimum absolute atomic E-state index is 0.0960. The molecule has 1 atom stereocenters. The molecule has 1 rings (SSSR count). The van der Waals surface area contributed by atoms with Crippen LogP contribution in [0.25, 0.3) is 0 Å². The van der Waals surface area contributed by atoms with Crippen molar-refractivity contribution in [3.63, 3.8) is 0 Å². The van der Waals surface area contributed by atoms with E-state index in [4.69, 9.17) is 5.11 Å². The number of aliphatic hydroxyl groups is 1. The van der Waals surface area contributed by atoms with Gasteiger partial charge in [0.25, 0.3) is 5.91 Å². The van der Waals surface area contributed by atoms with Crippen molar-refractivity contribution in [1.82, 2.24) is 5.32 Å². The van der Waals surface area contributed by atoms with Gasteiger partial charge in [-0.3, -0.25) is 4.79 Å². The lowest BCUT2D eigenvalue weighted by molar-refractivity contribution is 0.0896. The smallest absolute Gasteiger partial charge is 0.251 e. The summed E-state index contributed by atoms with van der Waals surface area (Å²) in [6.45, 7) is 5.45. The van der Waals surface area contributed by atoms with Crippen LogP contribution in [0, 0.1) is 12.8 Å². The molecule has 0 radical (unpaired) electrons. The van der Waals surface area contributed by atoms with Gasteiger partial charge in [-0.1, -0.05) is 19.9 Å². The van der Waals surface area contributed by atoms with Crippen LogP contribution in [-0.2, 0) is 0 Å². The fraction of sp³-hybridized carbons (Fsp3) is 0.462. The molecule has 1 amide bonds. The van der Waals surface area contributed by atoms with E-state index in [9.17, 15) is 9.90 Å². The lowest BCUT2D eigenvalue weighted by atomic mass is 10.0. The average Bonchev–Trinajstić information content (AvgIpc) is 2.28. The molecular formula is C13H19NO3. The summed E-state index contributed by atoms with van der Waals surface area (Å²) in [6.07, 6.45) is 0. The van der Waals surface area contributed by atoms with Crippen molar-refractivity contribution in [2.24, 2.45) is 5.92 Å². The number of hydrogen-bond acceptors (Lipinski definition) is 3. The normalized spacial score (nSPS) is 12.5. The van der Waals surface area contributed by atoms with Crippen LogP contribution in [-0.4, -0.2) is 28.8 Å². The number of aromatic hydroxyl groups is 1. The predicted octanol–water partition coefficient (Wildman–Crippen LogP) is 1.45. The van der Waals surface area contributed by atoms with E-state index in [0.29, 0.717) is 11.1 Å². The van der Waals surface area contributed by atoms with Crippen LogP contribution in [0.3, 0.4) is 0 Å². The molecule has 0 saturated carbocycles. The topological polar surface area (TPSA) is 69.6 Å². The fourth-order valence-corrected chi connectivity index (χ4v) is 1.54. The third-order valence-corrected chi connectivity index (χ3v) is 2.87. The highest BCUT2D eigenvalue weighted by Gasteiger charge is 2.18. The van der Waals surface area contributed by atoms with E-state index in [0.717, 1.165) is 0 Å². The monoisotopic (exact) mass is 237 g/mol. The first-order valence-electron chi connectivity index (χ1n) is 5.67. The second-order valence-corrected chi connectivity index (χ2v) is 4.46. The summed E-state index contributed by atoms with van der Waals surface area (Å²) in [5.74, 6) is -0.0181. The van der Waals surface area contributed by atoms with Crippen molar-refractivity contribution < 1.29 is 15.0 Å². The van der Waals surface area contributed by atoms with Crippen LogP contribution >= 0.6 is 0 Å². The van der Waals surface area contributed by atoms with Crippen LogP contribution in [0.1, 0.15) is 29.8 Å². The Hall–Kier alpha value is -1.55. The van der Waals surface area contributed by atoms with Gasteiger partial charge in [0.15, 0.2) is 0 Å². The van der Waals surface area contributed by atoms with Crippen molar-refractivity contribution in [2.75, 3.05) is 6.61 Å². The van der Waals surface area contributed by atoms with Crippen LogP contribution in [0.4, 0.5) is 0 Å². The molecule has 0 heterocycles. The molecule has 0 aliphatic carbocycles. The molecule has 1 aromatic carbocycles. The number of benzene rings is 1. The minimum atomic E-state index is -0.274. The van der Waals surface area contributed by atoms with E-state index < -0.39 is 0 Å². The largest absolute Gasteiger partial charge is 0.508 e. The molecular weight excluding hydrogens is 218 g/mol. The highest BCUT2D eigenvalue weighted by atomic mass is 16.3. The van der Waals surface area contributed by atoms with Crippen LogP contribution in [0.15, 0.2) is 18.2 Å². The van der Waals surface area contributed by atoms with Crippen LogP contribution in [0.5, 0.6) is 5.75 Å². The van der Waals surface area contributed by atoms with Crippen LogP contribution in [0.2, 0.25) is 0 Å². The summed E-state index contributed by atoms with van der Waals surface area (Å²) >= 11 is 0. The lowest BCUT2D eigenvalue weighted by Gasteiger charge is -2.20. The van der Waals surface area contributed by atoms with Crippen molar-refractivity contribution in [1.29, 1.82) is 0 Å². The van der Waals surface area contributed by atoms with Gasteiger partial charge in [0.1, 0.15) is 5.75 Å². The van der Waals surface area contributed by atoms with Gasteiger partial charge in [-0.15, -0.1) is 0 Å². The molecule has 0 aromatic heterocycles.